The first-order valence-corrected chi connectivity index (χ1v) is 9.25. The number of ether oxygens (including phenoxy) is 1. The first-order valence-electron chi connectivity index (χ1n) is 9.25. The Bertz CT molecular complexity index is 843. The Labute approximate surface area is 159 Å². The topological polar surface area (TPSA) is 67.7 Å². The number of carbonyl (C=O) groups is 1. The second-order valence-electron chi connectivity index (χ2n) is 6.76. The number of amides is 1. The number of rotatable bonds is 7. The van der Waals surface area contributed by atoms with Gasteiger partial charge < -0.3 is 14.5 Å². The fraction of sp³-hybridized carbons (Fsp3) is 0.450. The monoisotopic (exact) mass is 370 g/mol. The average molecular weight is 370 g/mol. The van der Waals surface area contributed by atoms with Crippen LogP contribution in [-0.2, 0) is 17.8 Å². The lowest BCUT2D eigenvalue weighted by molar-refractivity contribution is 0.0775. The van der Waals surface area contributed by atoms with Crippen LogP contribution in [0.15, 0.2) is 41.2 Å². The van der Waals surface area contributed by atoms with E-state index in [1.165, 1.54) is 35.3 Å². The normalized spacial score (nSPS) is 13.8. The predicted octanol–water partition coefficient (Wildman–Crippen LogP) is 1.76. The molecule has 144 valence electrons. The van der Waals surface area contributed by atoms with E-state index in [0.29, 0.717) is 19.7 Å². The maximum absolute atomic E-state index is 12.8. The van der Waals surface area contributed by atoms with Crippen molar-refractivity contribution in [2.75, 3.05) is 38.8 Å². The molecule has 7 nitrogen and oxygen atoms in total. The molecule has 27 heavy (non-hydrogen) atoms. The van der Waals surface area contributed by atoms with E-state index in [1.54, 1.807) is 19.1 Å². The third-order valence-corrected chi connectivity index (χ3v) is 4.79. The second kappa shape index (κ2) is 8.81. The van der Waals surface area contributed by atoms with Crippen LogP contribution in [0.5, 0.6) is 0 Å². The fourth-order valence-electron chi connectivity index (χ4n) is 3.33. The van der Waals surface area contributed by atoms with Crippen molar-refractivity contribution in [1.82, 2.24) is 14.7 Å². The Hall–Kier alpha value is -2.67. The van der Waals surface area contributed by atoms with Crippen molar-refractivity contribution in [1.29, 1.82) is 0 Å². The molecule has 0 aliphatic carbocycles. The first-order chi connectivity index (χ1) is 13.1. The Kier molecular flexibility index (Phi) is 6.24. The predicted molar refractivity (Wildman–Crippen MR) is 104 cm³/mol. The molecular weight excluding hydrogens is 344 g/mol. The third-order valence-electron chi connectivity index (χ3n) is 4.79. The van der Waals surface area contributed by atoms with Crippen molar-refractivity contribution >= 4 is 11.6 Å². The highest BCUT2D eigenvalue weighted by Gasteiger charge is 2.19. The zero-order valence-electron chi connectivity index (χ0n) is 15.9. The molecule has 0 unspecified atom stereocenters. The van der Waals surface area contributed by atoms with E-state index in [-0.39, 0.29) is 17.2 Å². The Morgan fingerprint density at radius 1 is 1.19 bits per heavy atom. The smallest absolute Gasteiger partial charge is 0.274 e. The highest BCUT2D eigenvalue weighted by molar-refractivity contribution is 5.91. The highest BCUT2D eigenvalue weighted by atomic mass is 16.5. The van der Waals surface area contributed by atoms with Gasteiger partial charge >= 0.3 is 0 Å². The summed E-state index contributed by atoms with van der Waals surface area (Å²) in [7, 11) is 3.32. The van der Waals surface area contributed by atoms with Gasteiger partial charge in [0.15, 0.2) is 0 Å². The summed E-state index contributed by atoms with van der Waals surface area (Å²) in [5.41, 5.74) is 2.31. The maximum Gasteiger partial charge on any atom is 0.274 e. The number of nitrogens with zero attached hydrogens (tertiary/aromatic N) is 4. The van der Waals surface area contributed by atoms with Crippen molar-refractivity contribution < 1.29 is 9.53 Å². The average Bonchev–Trinajstić information content (AvgIpc) is 3.22. The number of carbonyl (C=O) groups excluding carboxylic acids is 1. The summed E-state index contributed by atoms with van der Waals surface area (Å²) in [6, 6.07) is 11.1. The van der Waals surface area contributed by atoms with Crippen molar-refractivity contribution in [2.24, 2.45) is 0 Å². The number of para-hydroxylation sites is 1. The molecule has 1 fully saturated rings. The van der Waals surface area contributed by atoms with Crippen molar-refractivity contribution in [3.8, 4) is 0 Å². The number of anilines is 1. The minimum Gasteiger partial charge on any atom is -0.383 e. The van der Waals surface area contributed by atoms with Crippen LogP contribution < -0.4 is 10.5 Å². The lowest BCUT2D eigenvalue weighted by Crippen LogP contribution is -2.32. The molecule has 1 amide bonds. The molecule has 1 aliphatic rings. The number of benzene rings is 1. The standard InChI is InChI=1S/C20H26N4O3/c1-22(15-16-7-3-4-8-18(16)23-11-5-6-12-23)20(26)17-9-10-19(25)24(21-17)13-14-27-2/h3-4,7-10H,5-6,11-15H2,1-2H3. The molecule has 3 rings (SSSR count). The first kappa shape index (κ1) is 19.1. The minimum atomic E-state index is -0.245. The van der Waals surface area contributed by atoms with Gasteiger partial charge in [0.25, 0.3) is 11.5 Å². The lowest BCUT2D eigenvalue weighted by Gasteiger charge is -2.24. The molecule has 7 heteroatoms. The van der Waals surface area contributed by atoms with E-state index < -0.39 is 0 Å². The molecule has 0 N–H and O–H groups in total. The molecule has 1 aliphatic heterocycles. The summed E-state index contributed by atoms with van der Waals surface area (Å²) in [6.45, 7) is 3.29. The van der Waals surface area contributed by atoms with E-state index in [9.17, 15) is 9.59 Å². The Morgan fingerprint density at radius 2 is 1.93 bits per heavy atom. The number of methoxy groups -OCH3 is 1. The fourth-order valence-corrected chi connectivity index (χ4v) is 3.33. The van der Waals surface area contributed by atoms with Crippen LogP contribution in [0.1, 0.15) is 28.9 Å². The summed E-state index contributed by atoms with van der Waals surface area (Å²) in [5.74, 6) is -0.211. The number of hydrogen-bond acceptors (Lipinski definition) is 5. The van der Waals surface area contributed by atoms with Gasteiger partial charge in [-0.1, -0.05) is 18.2 Å². The van der Waals surface area contributed by atoms with Gasteiger partial charge in [0, 0.05) is 45.5 Å². The molecular formula is C20H26N4O3. The van der Waals surface area contributed by atoms with Crippen molar-refractivity contribution in [3.63, 3.8) is 0 Å². The van der Waals surface area contributed by atoms with Crippen LogP contribution in [0.3, 0.4) is 0 Å². The molecule has 0 atom stereocenters. The van der Waals surface area contributed by atoms with Crippen LogP contribution >= 0.6 is 0 Å². The van der Waals surface area contributed by atoms with E-state index in [2.05, 4.69) is 22.1 Å². The lowest BCUT2D eigenvalue weighted by atomic mass is 10.1. The largest absolute Gasteiger partial charge is 0.383 e. The summed E-state index contributed by atoms with van der Waals surface area (Å²) in [6.07, 6.45) is 2.41. The van der Waals surface area contributed by atoms with Gasteiger partial charge in [-0.15, -0.1) is 0 Å². The van der Waals surface area contributed by atoms with E-state index >= 15 is 0 Å². The summed E-state index contributed by atoms with van der Waals surface area (Å²) in [5, 5.41) is 4.19. The molecule has 1 aromatic heterocycles. The van der Waals surface area contributed by atoms with Crippen molar-refractivity contribution in [3.05, 3.63) is 58.0 Å². The third kappa shape index (κ3) is 4.54. The van der Waals surface area contributed by atoms with E-state index in [0.717, 1.165) is 18.7 Å². The molecule has 0 bridgehead atoms. The zero-order valence-corrected chi connectivity index (χ0v) is 15.9. The summed E-state index contributed by atoms with van der Waals surface area (Å²) < 4.78 is 6.26. The van der Waals surface area contributed by atoms with E-state index in [4.69, 9.17) is 4.74 Å². The number of aromatic nitrogens is 2. The minimum absolute atomic E-state index is 0.211. The van der Waals surface area contributed by atoms with Crippen LogP contribution in [0.2, 0.25) is 0 Å². The van der Waals surface area contributed by atoms with Gasteiger partial charge in [0.2, 0.25) is 0 Å². The van der Waals surface area contributed by atoms with Gasteiger partial charge in [0.1, 0.15) is 5.69 Å². The molecule has 1 aromatic carbocycles. The summed E-state index contributed by atoms with van der Waals surface area (Å²) in [4.78, 5) is 28.7. The molecule has 0 spiro atoms. The SMILES string of the molecule is COCCn1nc(C(=O)N(C)Cc2ccccc2N2CCCC2)ccc1=O. The van der Waals surface area contributed by atoms with Gasteiger partial charge in [-0.3, -0.25) is 9.59 Å². The maximum atomic E-state index is 12.8. The van der Waals surface area contributed by atoms with Crippen LogP contribution in [0, 0.1) is 0 Å². The Balaban J connectivity index is 1.76. The number of hydrogen-bond donors (Lipinski definition) is 0. The highest BCUT2D eigenvalue weighted by Crippen LogP contribution is 2.25. The van der Waals surface area contributed by atoms with Gasteiger partial charge in [0.05, 0.1) is 13.2 Å². The quantitative estimate of drug-likeness (QED) is 0.743. The molecule has 0 saturated carbocycles. The second-order valence-corrected chi connectivity index (χ2v) is 6.76. The van der Waals surface area contributed by atoms with Crippen LogP contribution in [0.25, 0.3) is 0 Å². The molecule has 0 radical (unpaired) electrons. The molecule has 1 saturated heterocycles. The van der Waals surface area contributed by atoms with Crippen LogP contribution in [0.4, 0.5) is 5.69 Å². The summed E-state index contributed by atoms with van der Waals surface area (Å²) >= 11 is 0. The van der Waals surface area contributed by atoms with E-state index in [1.807, 2.05) is 12.1 Å². The Morgan fingerprint density at radius 3 is 2.67 bits per heavy atom. The molecule has 2 aromatic rings. The van der Waals surface area contributed by atoms with Gasteiger partial charge in [-0.2, -0.15) is 5.10 Å². The zero-order chi connectivity index (χ0) is 19.2. The molecule has 2 heterocycles. The van der Waals surface area contributed by atoms with Crippen LogP contribution in [-0.4, -0.2) is 54.4 Å². The van der Waals surface area contributed by atoms with Gasteiger partial charge in [-0.25, -0.2) is 4.68 Å². The van der Waals surface area contributed by atoms with Crippen molar-refractivity contribution in [2.45, 2.75) is 25.9 Å². The van der Waals surface area contributed by atoms with Gasteiger partial charge in [-0.05, 0) is 30.5 Å².